The summed E-state index contributed by atoms with van der Waals surface area (Å²) in [4.78, 5) is 24.6. The molecule has 0 radical (unpaired) electrons. The van der Waals surface area contributed by atoms with E-state index in [-0.39, 0.29) is 10.6 Å². The van der Waals surface area contributed by atoms with Crippen molar-refractivity contribution in [2.75, 3.05) is 31.1 Å². The lowest BCUT2D eigenvalue weighted by atomic mass is 10.1. The molecule has 1 aromatic heterocycles. The first kappa shape index (κ1) is 18.3. The first-order valence-electron chi connectivity index (χ1n) is 8.99. The van der Waals surface area contributed by atoms with Gasteiger partial charge in [0, 0.05) is 62.0 Å². The highest BCUT2D eigenvalue weighted by Crippen LogP contribution is 2.22. The van der Waals surface area contributed by atoms with Crippen LogP contribution in [-0.4, -0.2) is 46.0 Å². The zero-order valence-corrected chi connectivity index (χ0v) is 15.6. The molecular weight excluding hydrogens is 330 g/mol. The number of anilines is 1. The summed E-state index contributed by atoms with van der Waals surface area (Å²) in [7, 11) is 0. The minimum atomic E-state index is -0.303. The number of hydrogen-bond donors (Lipinski definition) is 0. The van der Waals surface area contributed by atoms with Gasteiger partial charge in [-0.3, -0.25) is 15.0 Å². The largest absolute Gasteiger partial charge is 0.354 e. The average Bonchev–Trinajstić information content (AvgIpc) is 2.62. The summed E-state index contributed by atoms with van der Waals surface area (Å²) in [6.45, 7) is 10.2. The first-order chi connectivity index (χ1) is 12.4. The van der Waals surface area contributed by atoms with Crippen LogP contribution in [0.2, 0.25) is 0 Å². The highest BCUT2D eigenvalue weighted by atomic mass is 16.6. The fourth-order valence-corrected chi connectivity index (χ4v) is 3.19. The SMILES string of the molecule is Cc1cc(N2CCN(Cc3ccccc3[N+](=O)[O-])CC2)nc(C(C)C)n1. The van der Waals surface area contributed by atoms with Gasteiger partial charge in [-0.1, -0.05) is 32.0 Å². The lowest BCUT2D eigenvalue weighted by Crippen LogP contribution is -2.46. The highest BCUT2D eigenvalue weighted by molar-refractivity contribution is 5.42. The number of aromatic nitrogens is 2. The van der Waals surface area contributed by atoms with Crippen LogP contribution in [0, 0.1) is 17.0 Å². The molecule has 138 valence electrons. The van der Waals surface area contributed by atoms with Crippen molar-refractivity contribution in [1.82, 2.24) is 14.9 Å². The van der Waals surface area contributed by atoms with Gasteiger partial charge in [-0.15, -0.1) is 0 Å². The van der Waals surface area contributed by atoms with Gasteiger partial charge in [0.15, 0.2) is 0 Å². The van der Waals surface area contributed by atoms with Gasteiger partial charge in [0.05, 0.1) is 4.92 Å². The molecule has 1 aliphatic heterocycles. The van der Waals surface area contributed by atoms with E-state index >= 15 is 0 Å². The summed E-state index contributed by atoms with van der Waals surface area (Å²) in [5, 5.41) is 11.2. The predicted octanol–water partition coefficient (Wildman–Crippen LogP) is 3.14. The van der Waals surface area contributed by atoms with E-state index in [4.69, 9.17) is 4.98 Å². The third-order valence-electron chi connectivity index (χ3n) is 4.65. The molecule has 0 aliphatic carbocycles. The van der Waals surface area contributed by atoms with Crippen molar-refractivity contribution in [2.45, 2.75) is 33.2 Å². The van der Waals surface area contributed by atoms with Crippen LogP contribution in [0.15, 0.2) is 30.3 Å². The number of nitrogens with zero attached hydrogens (tertiary/aromatic N) is 5. The molecule has 1 saturated heterocycles. The van der Waals surface area contributed by atoms with E-state index in [0.29, 0.717) is 12.5 Å². The van der Waals surface area contributed by atoms with Crippen molar-refractivity contribution in [3.05, 3.63) is 57.5 Å². The molecule has 0 atom stereocenters. The van der Waals surface area contributed by atoms with Gasteiger partial charge in [0.2, 0.25) is 0 Å². The maximum Gasteiger partial charge on any atom is 0.273 e. The van der Waals surface area contributed by atoms with Crippen LogP contribution < -0.4 is 4.90 Å². The quantitative estimate of drug-likeness (QED) is 0.606. The normalized spacial score (nSPS) is 15.5. The number of hydrogen-bond acceptors (Lipinski definition) is 6. The van der Waals surface area contributed by atoms with Gasteiger partial charge in [0.25, 0.3) is 5.69 Å². The van der Waals surface area contributed by atoms with Gasteiger partial charge in [-0.2, -0.15) is 0 Å². The van der Waals surface area contributed by atoms with Crippen molar-refractivity contribution in [3.63, 3.8) is 0 Å². The Morgan fingerprint density at radius 3 is 2.50 bits per heavy atom. The van der Waals surface area contributed by atoms with Crippen LogP contribution in [0.1, 0.15) is 36.8 Å². The number of para-hydroxylation sites is 1. The Balaban J connectivity index is 1.66. The fourth-order valence-electron chi connectivity index (χ4n) is 3.19. The number of rotatable bonds is 5. The highest BCUT2D eigenvalue weighted by Gasteiger charge is 2.22. The number of nitro benzene ring substituents is 1. The van der Waals surface area contributed by atoms with Crippen molar-refractivity contribution < 1.29 is 4.92 Å². The van der Waals surface area contributed by atoms with Crippen molar-refractivity contribution in [3.8, 4) is 0 Å². The molecule has 1 fully saturated rings. The van der Waals surface area contributed by atoms with Crippen molar-refractivity contribution in [2.24, 2.45) is 0 Å². The van der Waals surface area contributed by atoms with Gasteiger partial charge in [-0.05, 0) is 6.92 Å². The summed E-state index contributed by atoms with van der Waals surface area (Å²) in [6, 6.07) is 9.01. The topological polar surface area (TPSA) is 75.4 Å². The monoisotopic (exact) mass is 355 g/mol. The smallest absolute Gasteiger partial charge is 0.273 e. The molecule has 0 spiro atoms. The van der Waals surface area contributed by atoms with Gasteiger partial charge in [-0.25, -0.2) is 9.97 Å². The number of aryl methyl sites for hydroxylation is 1. The molecular formula is C19H25N5O2. The van der Waals surface area contributed by atoms with Crippen LogP contribution in [0.3, 0.4) is 0 Å². The molecule has 7 heteroatoms. The Morgan fingerprint density at radius 1 is 1.15 bits per heavy atom. The predicted molar refractivity (Wildman–Crippen MR) is 101 cm³/mol. The standard InChI is InChI=1S/C19H25N5O2/c1-14(2)19-20-15(3)12-18(21-19)23-10-8-22(9-11-23)13-16-6-4-5-7-17(16)24(25)26/h4-7,12,14H,8-11,13H2,1-3H3. The zero-order valence-electron chi connectivity index (χ0n) is 15.6. The molecule has 7 nitrogen and oxygen atoms in total. The van der Waals surface area contributed by atoms with Crippen molar-refractivity contribution in [1.29, 1.82) is 0 Å². The van der Waals surface area contributed by atoms with E-state index in [9.17, 15) is 10.1 Å². The Morgan fingerprint density at radius 2 is 1.85 bits per heavy atom. The van der Waals surface area contributed by atoms with E-state index < -0.39 is 0 Å². The lowest BCUT2D eigenvalue weighted by molar-refractivity contribution is -0.385. The van der Waals surface area contributed by atoms with Gasteiger partial charge in [0.1, 0.15) is 11.6 Å². The molecule has 0 saturated carbocycles. The number of piperazine rings is 1. The Bertz CT molecular complexity index is 785. The van der Waals surface area contributed by atoms with Crippen LogP contribution in [0.4, 0.5) is 11.5 Å². The summed E-state index contributed by atoms with van der Waals surface area (Å²) < 4.78 is 0. The zero-order chi connectivity index (χ0) is 18.7. The van der Waals surface area contributed by atoms with E-state index in [2.05, 4.69) is 28.6 Å². The maximum absolute atomic E-state index is 11.2. The third kappa shape index (κ3) is 4.16. The molecule has 26 heavy (non-hydrogen) atoms. The maximum atomic E-state index is 11.2. The van der Waals surface area contributed by atoms with E-state index in [0.717, 1.165) is 49.1 Å². The summed E-state index contributed by atoms with van der Waals surface area (Å²) in [5.74, 6) is 2.16. The van der Waals surface area contributed by atoms with Gasteiger partial charge >= 0.3 is 0 Å². The third-order valence-corrected chi connectivity index (χ3v) is 4.65. The minimum Gasteiger partial charge on any atom is -0.354 e. The first-order valence-corrected chi connectivity index (χ1v) is 8.99. The molecule has 0 N–H and O–H groups in total. The van der Waals surface area contributed by atoms with Crippen LogP contribution in [0.25, 0.3) is 0 Å². The number of benzene rings is 1. The minimum absolute atomic E-state index is 0.197. The van der Waals surface area contributed by atoms with E-state index in [1.807, 2.05) is 25.1 Å². The Labute approximate surface area is 153 Å². The van der Waals surface area contributed by atoms with Crippen molar-refractivity contribution >= 4 is 11.5 Å². The second-order valence-electron chi connectivity index (χ2n) is 7.03. The summed E-state index contributed by atoms with van der Waals surface area (Å²) in [5.41, 5.74) is 1.95. The van der Waals surface area contributed by atoms with E-state index in [1.165, 1.54) is 0 Å². The molecule has 0 amide bonds. The second-order valence-corrected chi connectivity index (χ2v) is 7.03. The second kappa shape index (κ2) is 7.78. The summed E-state index contributed by atoms with van der Waals surface area (Å²) in [6.07, 6.45) is 0. The molecule has 1 aliphatic rings. The molecule has 0 unspecified atom stereocenters. The Hall–Kier alpha value is -2.54. The van der Waals surface area contributed by atoms with E-state index in [1.54, 1.807) is 12.1 Å². The van der Waals surface area contributed by atoms with Gasteiger partial charge < -0.3 is 4.90 Å². The Kier molecular flexibility index (Phi) is 5.46. The number of nitro groups is 1. The molecule has 2 aromatic rings. The molecule has 2 heterocycles. The fraction of sp³-hybridized carbons (Fsp3) is 0.474. The molecule has 0 bridgehead atoms. The lowest BCUT2D eigenvalue weighted by Gasteiger charge is -2.35. The molecule has 1 aromatic carbocycles. The average molecular weight is 355 g/mol. The van der Waals surface area contributed by atoms with Crippen LogP contribution in [-0.2, 0) is 6.54 Å². The summed E-state index contributed by atoms with van der Waals surface area (Å²) >= 11 is 0. The molecule has 3 rings (SSSR count). The van der Waals surface area contributed by atoms with Crippen LogP contribution in [0.5, 0.6) is 0 Å². The van der Waals surface area contributed by atoms with Crippen LogP contribution >= 0.6 is 0 Å².